The maximum absolute atomic E-state index is 10.8. The summed E-state index contributed by atoms with van der Waals surface area (Å²) in [5.41, 5.74) is 5.53. The molecule has 0 saturated carbocycles. The van der Waals surface area contributed by atoms with Crippen molar-refractivity contribution in [1.29, 1.82) is 0 Å². The number of esters is 2. The van der Waals surface area contributed by atoms with Gasteiger partial charge >= 0.3 is 11.9 Å². The molecule has 0 aromatic carbocycles. The van der Waals surface area contributed by atoms with Crippen molar-refractivity contribution in [2.75, 3.05) is 13.2 Å². The molecule has 5 nitrogen and oxygen atoms in total. The fourth-order valence-electron chi connectivity index (χ4n) is 0.560. The number of ether oxygens (including phenoxy) is 2. The Kier molecular flexibility index (Phi) is 5.34. The number of nitrogens with two attached hydrogens (primary N) is 1. The van der Waals surface area contributed by atoms with Crippen LogP contribution in [0.2, 0.25) is 0 Å². The van der Waals surface area contributed by atoms with Crippen molar-refractivity contribution in [1.82, 2.24) is 0 Å². The van der Waals surface area contributed by atoms with Crippen LogP contribution in [0.5, 0.6) is 0 Å². The van der Waals surface area contributed by atoms with Crippen molar-refractivity contribution in [2.45, 2.75) is 13.8 Å². The van der Waals surface area contributed by atoms with E-state index in [1.54, 1.807) is 13.8 Å². The van der Waals surface area contributed by atoms with Crippen LogP contribution in [0.25, 0.3) is 0 Å². The van der Waals surface area contributed by atoms with Gasteiger partial charge in [-0.2, -0.15) is 0 Å². The number of carbonyl (C=O) groups is 2. The zero-order valence-electron chi connectivity index (χ0n) is 7.70. The van der Waals surface area contributed by atoms with E-state index in [4.69, 9.17) is 5.73 Å². The van der Waals surface area contributed by atoms with E-state index in [0.29, 0.717) is 5.70 Å². The number of carbonyl (C=O) groups excluding carboxylic acids is 2. The summed E-state index contributed by atoms with van der Waals surface area (Å²) in [5.74, 6) is -1.22. The van der Waals surface area contributed by atoms with Gasteiger partial charge in [0.2, 0.25) is 0 Å². The van der Waals surface area contributed by atoms with Gasteiger partial charge in [0.1, 0.15) is 0 Å². The van der Waals surface area contributed by atoms with Gasteiger partial charge in [-0.3, -0.25) is 0 Å². The number of hydrogen-bond donors (Lipinski definition) is 1. The van der Waals surface area contributed by atoms with Gasteiger partial charge in [-0.25, -0.2) is 9.59 Å². The fourth-order valence-corrected chi connectivity index (χ4v) is 0.560. The largest absolute Gasteiger partial charge is 0.463 e. The van der Waals surface area contributed by atoms with E-state index in [-0.39, 0.29) is 13.2 Å². The molecular weight excluding hydrogens is 174 g/mol. The molecule has 0 amide bonds. The number of hydrogen-bond acceptors (Lipinski definition) is 5. The number of rotatable bonds is 4. The van der Waals surface area contributed by atoms with Crippen LogP contribution in [0.15, 0.2) is 11.8 Å². The number of allylic oxidation sites excluding steroid dienone is 1. The van der Waals surface area contributed by atoms with Gasteiger partial charge in [0.25, 0.3) is 0 Å². The predicted molar refractivity (Wildman–Crippen MR) is 45.5 cm³/mol. The van der Waals surface area contributed by atoms with Crippen molar-refractivity contribution in [3.8, 4) is 0 Å². The third-order valence-electron chi connectivity index (χ3n) is 0.983. The molecule has 13 heavy (non-hydrogen) atoms. The zero-order valence-corrected chi connectivity index (χ0v) is 7.70. The van der Waals surface area contributed by atoms with Gasteiger partial charge < -0.3 is 15.2 Å². The van der Waals surface area contributed by atoms with Crippen LogP contribution < -0.4 is 5.73 Å². The Bertz CT molecular complexity index is 218. The molecular formula is C8H13NO4. The Balaban J connectivity index is 3.71. The lowest BCUT2D eigenvalue weighted by atomic mass is 10.4. The monoisotopic (exact) mass is 187 g/mol. The van der Waals surface area contributed by atoms with E-state index in [1.807, 2.05) is 0 Å². The average Bonchev–Trinajstić information content (AvgIpc) is 2.00. The second kappa shape index (κ2) is 6.05. The highest BCUT2D eigenvalue weighted by molar-refractivity contribution is 5.84. The molecule has 5 heteroatoms. The van der Waals surface area contributed by atoms with Gasteiger partial charge in [0, 0.05) is 11.8 Å². The fraction of sp³-hybridized carbons (Fsp3) is 0.500. The maximum Gasteiger partial charge on any atom is 0.344 e. The van der Waals surface area contributed by atoms with Crippen molar-refractivity contribution in [3.63, 3.8) is 0 Å². The van der Waals surface area contributed by atoms with E-state index in [0.717, 1.165) is 6.08 Å². The molecule has 0 rings (SSSR count). The van der Waals surface area contributed by atoms with Crippen LogP contribution in [0.4, 0.5) is 0 Å². The van der Waals surface area contributed by atoms with Crippen LogP contribution in [0.1, 0.15) is 13.8 Å². The van der Waals surface area contributed by atoms with Crippen molar-refractivity contribution >= 4 is 11.9 Å². The summed E-state index contributed by atoms with van der Waals surface area (Å²) >= 11 is 0. The lowest BCUT2D eigenvalue weighted by Crippen LogP contribution is -2.15. The highest BCUT2D eigenvalue weighted by Crippen LogP contribution is 1.87. The molecule has 0 fully saturated rings. The van der Waals surface area contributed by atoms with Crippen molar-refractivity contribution in [3.05, 3.63) is 11.8 Å². The third kappa shape index (κ3) is 6.86. The average molecular weight is 187 g/mol. The SMILES string of the molecule is CCOC(=O)COC(=O)/C=C(/C)N. The van der Waals surface area contributed by atoms with E-state index in [9.17, 15) is 9.59 Å². The van der Waals surface area contributed by atoms with Crippen LogP contribution in [0, 0.1) is 0 Å². The first-order valence-electron chi connectivity index (χ1n) is 3.82. The highest BCUT2D eigenvalue weighted by atomic mass is 16.6. The van der Waals surface area contributed by atoms with E-state index >= 15 is 0 Å². The van der Waals surface area contributed by atoms with Gasteiger partial charge in [-0.05, 0) is 13.8 Å². The van der Waals surface area contributed by atoms with Gasteiger partial charge in [-0.15, -0.1) is 0 Å². The van der Waals surface area contributed by atoms with Gasteiger partial charge in [0.05, 0.1) is 6.61 Å². The molecule has 74 valence electrons. The Morgan fingerprint density at radius 3 is 2.46 bits per heavy atom. The Morgan fingerprint density at radius 2 is 2.00 bits per heavy atom. The Hall–Kier alpha value is -1.52. The lowest BCUT2D eigenvalue weighted by molar-refractivity contribution is -0.155. The van der Waals surface area contributed by atoms with Gasteiger partial charge in [-0.1, -0.05) is 0 Å². The highest BCUT2D eigenvalue weighted by Gasteiger charge is 2.04. The summed E-state index contributed by atoms with van der Waals surface area (Å²) in [7, 11) is 0. The second-order valence-corrected chi connectivity index (χ2v) is 2.30. The molecule has 0 saturated heterocycles. The van der Waals surface area contributed by atoms with Crippen molar-refractivity contribution in [2.24, 2.45) is 5.73 Å². The first-order chi connectivity index (χ1) is 6.06. The first-order valence-corrected chi connectivity index (χ1v) is 3.82. The molecule has 0 unspecified atom stereocenters. The minimum Gasteiger partial charge on any atom is -0.463 e. The molecule has 0 bridgehead atoms. The van der Waals surface area contributed by atoms with E-state index in [2.05, 4.69) is 9.47 Å². The summed E-state index contributed by atoms with van der Waals surface area (Å²) in [6.07, 6.45) is 1.10. The minimum atomic E-state index is -0.645. The molecule has 0 aromatic heterocycles. The summed E-state index contributed by atoms with van der Waals surface area (Å²) in [5, 5.41) is 0. The van der Waals surface area contributed by atoms with E-state index < -0.39 is 11.9 Å². The molecule has 2 N–H and O–H groups in total. The standard InChI is InChI=1S/C8H13NO4/c1-3-12-8(11)5-13-7(10)4-6(2)9/h4H,3,5,9H2,1-2H3/b6-4-. The zero-order chi connectivity index (χ0) is 10.3. The molecule has 0 spiro atoms. The summed E-state index contributed by atoms with van der Waals surface area (Å²) in [6.45, 7) is 3.11. The second-order valence-electron chi connectivity index (χ2n) is 2.30. The topological polar surface area (TPSA) is 78.6 Å². The molecule has 0 aliphatic carbocycles. The van der Waals surface area contributed by atoms with Crippen LogP contribution >= 0.6 is 0 Å². The smallest absolute Gasteiger partial charge is 0.344 e. The van der Waals surface area contributed by atoms with Crippen LogP contribution in [-0.4, -0.2) is 25.2 Å². The molecule has 0 aliphatic rings. The normalized spacial score (nSPS) is 10.8. The maximum atomic E-state index is 10.8. The minimum absolute atomic E-state index is 0.266. The molecule has 0 radical (unpaired) electrons. The summed E-state index contributed by atoms with van der Waals surface area (Å²) in [4.78, 5) is 21.5. The van der Waals surface area contributed by atoms with Gasteiger partial charge in [0.15, 0.2) is 6.61 Å². The summed E-state index contributed by atoms with van der Waals surface area (Å²) < 4.78 is 9.03. The van der Waals surface area contributed by atoms with Crippen LogP contribution in [-0.2, 0) is 19.1 Å². The molecule has 0 heterocycles. The summed E-state index contributed by atoms with van der Waals surface area (Å²) in [6, 6.07) is 0. The van der Waals surface area contributed by atoms with E-state index in [1.165, 1.54) is 0 Å². The quantitative estimate of drug-likeness (QED) is 0.493. The Morgan fingerprint density at radius 1 is 1.38 bits per heavy atom. The van der Waals surface area contributed by atoms with Crippen LogP contribution in [0.3, 0.4) is 0 Å². The van der Waals surface area contributed by atoms with Crippen molar-refractivity contribution < 1.29 is 19.1 Å². The molecule has 0 atom stereocenters. The first kappa shape index (κ1) is 11.5. The Labute approximate surface area is 76.5 Å². The predicted octanol–water partition coefficient (Wildman–Crippen LogP) is -0.0448. The molecule has 0 aromatic rings. The third-order valence-corrected chi connectivity index (χ3v) is 0.983. The lowest BCUT2D eigenvalue weighted by Gasteiger charge is -2.01. The molecule has 0 aliphatic heterocycles.